The number of hydrogen-bond donors (Lipinski definition) is 3. The lowest BCUT2D eigenvalue weighted by Crippen LogP contribution is -2.27. The maximum absolute atomic E-state index is 9.06. The van der Waals surface area contributed by atoms with Crippen LogP contribution in [0, 0.1) is 0 Å². The first-order valence-electron chi connectivity index (χ1n) is 5.48. The number of ether oxygens (including phenoxy) is 3. The van der Waals surface area contributed by atoms with Crippen LogP contribution in [0.3, 0.4) is 0 Å². The highest BCUT2D eigenvalue weighted by atomic mass is 16.5. The molecule has 0 bridgehead atoms. The zero-order valence-corrected chi connectivity index (χ0v) is 10.8. The number of anilines is 1. The Kier molecular flexibility index (Phi) is 5.54. The van der Waals surface area contributed by atoms with Gasteiger partial charge in [-0.1, -0.05) is 0 Å². The molecule has 0 aliphatic carbocycles. The molecule has 0 aliphatic heterocycles. The van der Waals surface area contributed by atoms with Crippen molar-refractivity contribution in [3.05, 3.63) is 12.1 Å². The first-order valence-corrected chi connectivity index (χ1v) is 5.48. The second-order valence-electron chi connectivity index (χ2n) is 3.61. The monoisotopic (exact) mass is 257 g/mol. The first kappa shape index (κ1) is 14.4. The minimum atomic E-state index is -0.461. The van der Waals surface area contributed by atoms with Gasteiger partial charge in [0, 0.05) is 12.1 Å². The van der Waals surface area contributed by atoms with E-state index in [9.17, 15) is 0 Å². The van der Waals surface area contributed by atoms with Crippen LogP contribution in [0.5, 0.6) is 17.2 Å². The molecule has 0 aromatic heterocycles. The highest BCUT2D eigenvalue weighted by Gasteiger charge is 2.14. The quantitative estimate of drug-likeness (QED) is 0.659. The molecule has 1 rings (SSSR count). The lowest BCUT2D eigenvalue weighted by Gasteiger charge is -2.19. The lowest BCUT2D eigenvalue weighted by molar-refractivity contribution is 0.203. The molecule has 6 nitrogen and oxygen atoms in total. The van der Waals surface area contributed by atoms with E-state index >= 15 is 0 Å². The molecule has 6 heteroatoms. The van der Waals surface area contributed by atoms with E-state index in [2.05, 4.69) is 5.32 Å². The summed E-state index contributed by atoms with van der Waals surface area (Å²) in [5.41, 5.74) is 0.614. The predicted octanol–water partition coefficient (Wildman–Crippen LogP) is 0.477. The molecule has 18 heavy (non-hydrogen) atoms. The van der Waals surface area contributed by atoms with Crippen LogP contribution in [-0.2, 0) is 0 Å². The fraction of sp³-hybridized carbons (Fsp3) is 0.500. The molecule has 1 aromatic carbocycles. The average Bonchev–Trinajstić information content (AvgIpc) is 2.43. The normalized spacial score (nSPS) is 10.3. The van der Waals surface area contributed by atoms with Gasteiger partial charge in [-0.3, -0.25) is 0 Å². The van der Waals surface area contributed by atoms with Crippen LogP contribution in [0.4, 0.5) is 5.69 Å². The fourth-order valence-electron chi connectivity index (χ4n) is 1.51. The summed E-state index contributed by atoms with van der Waals surface area (Å²) in [6, 6.07) is 2.90. The van der Waals surface area contributed by atoms with E-state index in [0.29, 0.717) is 22.9 Å². The molecule has 102 valence electrons. The van der Waals surface area contributed by atoms with Gasteiger partial charge in [0.05, 0.1) is 46.3 Å². The fourth-order valence-corrected chi connectivity index (χ4v) is 1.51. The van der Waals surface area contributed by atoms with Gasteiger partial charge < -0.3 is 29.7 Å². The van der Waals surface area contributed by atoms with Crippen LogP contribution < -0.4 is 19.5 Å². The van der Waals surface area contributed by atoms with Crippen molar-refractivity contribution in [1.82, 2.24) is 0 Å². The maximum atomic E-state index is 9.06. The van der Waals surface area contributed by atoms with E-state index in [1.54, 1.807) is 12.1 Å². The van der Waals surface area contributed by atoms with Gasteiger partial charge in [-0.2, -0.15) is 0 Å². The van der Waals surface area contributed by atoms with Gasteiger partial charge in [0.25, 0.3) is 0 Å². The van der Waals surface area contributed by atoms with Crippen LogP contribution in [-0.4, -0.2) is 50.8 Å². The Morgan fingerprint density at radius 1 is 0.944 bits per heavy atom. The van der Waals surface area contributed by atoms with Gasteiger partial charge in [0.15, 0.2) is 11.5 Å². The van der Waals surface area contributed by atoms with Crippen LogP contribution in [0.1, 0.15) is 0 Å². The van der Waals surface area contributed by atoms with E-state index in [4.69, 9.17) is 24.4 Å². The molecule has 3 N–H and O–H groups in total. The number of aliphatic hydroxyl groups is 2. The summed E-state index contributed by atoms with van der Waals surface area (Å²) in [6.07, 6.45) is 0. The zero-order chi connectivity index (χ0) is 13.5. The molecule has 0 atom stereocenters. The van der Waals surface area contributed by atoms with Gasteiger partial charge >= 0.3 is 0 Å². The predicted molar refractivity (Wildman–Crippen MR) is 67.7 cm³/mol. The highest BCUT2D eigenvalue weighted by molar-refractivity contribution is 5.65. The van der Waals surface area contributed by atoms with E-state index in [0.717, 1.165) is 0 Å². The summed E-state index contributed by atoms with van der Waals surface area (Å²) in [6.45, 7) is -0.373. The van der Waals surface area contributed by atoms with Crippen molar-refractivity contribution in [2.75, 3.05) is 39.9 Å². The van der Waals surface area contributed by atoms with E-state index in [1.165, 1.54) is 21.3 Å². The third-order valence-corrected chi connectivity index (χ3v) is 2.51. The SMILES string of the molecule is COc1cc(OC)c(OC)cc1NC(CO)CO. The second kappa shape index (κ2) is 6.93. The Bertz CT molecular complexity index is 379. The molecule has 0 amide bonds. The molecule has 1 aromatic rings. The lowest BCUT2D eigenvalue weighted by atomic mass is 10.2. The number of rotatable bonds is 7. The van der Waals surface area contributed by atoms with Gasteiger partial charge in [-0.15, -0.1) is 0 Å². The summed E-state index contributed by atoms with van der Waals surface area (Å²) >= 11 is 0. The third kappa shape index (κ3) is 3.18. The van der Waals surface area contributed by atoms with Crippen molar-refractivity contribution < 1.29 is 24.4 Å². The highest BCUT2D eigenvalue weighted by Crippen LogP contribution is 2.37. The molecule has 0 unspecified atom stereocenters. The van der Waals surface area contributed by atoms with E-state index in [1.807, 2.05) is 0 Å². The van der Waals surface area contributed by atoms with Crippen LogP contribution in [0.25, 0.3) is 0 Å². The van der Waals surface area contributed by atoms with Gasteiger partial charge in [0.2, 0.25) is 0 Å². The summed E-state index contributed by atoms with van der Waals surface area (Å²) in [4.78, 5) is 0. The van der Waals surface area contributed by atoms with Gasteiger partial charge in [-0.25, -0.2) is 0 Å². The molecule has 0 heterocycles. The molecular formula is C12H19NO5. The van der Waals surface area contributed by atoms with Crippen molar-refractivity contribution in [2.45, 2.75) is 6.04 Å². The van der Waals surface area contributed by atoms with Crippen LogP contribution in [0.2, 0.25) is 0 Å². The molecule has 0 saturated carbocycles. The molecule has 0 radical (unpaired) electrons. The molecule has 0 saturated heterocycles. The van der Waals surface area contributed by atoms with Crippen molar-refractivity contribution in [2.24, 2.45) is 0 Å². The van der Waals surface area contributed by atoms with Crippen LogP contribution >= 0.6 is 0 Å². The summed E-state index contributed by atoms with van der Waals surface area (Å²) < 4.78 is 15.6. The zero-order valence-electron chi connectivity index (χ0n) is 10.8. The number of nitrogens with one attached hydrogen (secondary N) is 1. The summed E-state index contributed by atoms with van der Waals surface area (Å²) in [5.74, 6) is 1.62. The Morgan fingerprint density at radius 2 is 1.44 bits per heavy atom. The largest absolute Gasteiger partial charge is 0.494 e. The summed E-state index contributed by atoms with van der Waals surface area (Å²) in [7, 11) is 4.59. The minimum Gasteiger partial charge on any atom is -0.494 e. The smallest absolute Gasteiger partial charge is 0.164 e. The standard InChI is InChI=1S/C12H19NO5/c1-16-10-5-12(18-3)11(17-2)4-9(10)13-8(6-14)7-15/h4-5,8,13-15H,6-7H2,1-3H3. The van der Waals surface area contributed by atoms with Crippen molar-refractivity contribution in [1.29, 1.82) is 0 Å². The van der Waals surface area contributed by atoms with Gasteiger partial charge in [-0.05, 0) is 0 Å². The van der Waals surface area contributed by atoms with Crippen molar-refractivity contribution in [3.8, 4) is 17.2 Å². The average molecular weight is 257 g/mol. The molecule has 0 fully saturated rings. The Labute approximate surface area is 106 Å². The van der Waals surface area contributed by atoms with Gasteiger partial charge in [0.1, 0.15) is 5.75 Å². The van der Waals surface area contributed by atoms with Crippen molar-refractivity contribution >= 4 is 5.69 Å². The summed E-state index contributed by atoms with van der Waals surface area (Å²) in [5, 5.41) is 21.1. The second-order valence-corrected chi connectivity index (χ2v) is 3.61. The van der Waals surface area contributed by atoms with Crippen molar-refractivity contribution in [3.63, 3.8) is 0 Å². The van der Waals surface area contributed by atoms with E-state index < -0.39 is 6.04 Å². The minimum absolute atomic E-state index is 0.187. The number of benzene rings is 1. The Balaban J connectivity index is 3.08. The number of methoxy groups -OCH3 is 3. The Morgan fingerprint density at radius 3 is 1.89 bits per heavy atom. The molecular weight excluding hydrogens is 238 g/mol. The number of hydrogen-bond acceptors (Lipinski definition) is 6. The topological polar surface area (TPSA) is 80.2 Å². The Hall–Kier alpha value is -1.66. The third-order valence-electron chi connectivity index (χ3n) is 2.51. The number of aliphatic hydroxyl groups excluding tert-OH is 2. The van der Waals surface area contributed by atoms with Crippen LogP contribution in [0.15, 0.2) is 12.1 Å². The van der Waals surface area contributed by atoms with E-state index in [-0.39, 0.29) is 13.2 Å². The first-order chi connectivity index (χ1) is 8.69. The molecule has 0 aliphatic rings. The maximum Gasteiger partial charge on any atom is 0.164 e. The molecule has 0 spiro atoms.